The molecular weight excluding hydrogens is 332 g/mol. The third kappa shape index (κ3) is 2.59. The van der Waals surface area contributed by atoms with Crippen LogP contribution in [0.15, 0.2) is 16.7 Å². The van der Waals surface area contributed by atoms with E-state index in [1.807, 2.05) is 6.20 Å². The van der Waals surface area contributed by atoms with E-state index in [9.17, 15) is 0 Å². The number of alkyl halides is 1. The predicted octanol–water partition coefficient (Wildman–Crippen LogP) is 3.91. The average Bonchev–Trinajstić information content (AvgIpc) is 2.29. The molecule has 1 unspecified atom stereocenters. The van der Waals surface area contributed by atoms with Gasteiger partial charge < -0.3 is 4.90 Å². The molecule has 2 heterocycles. The highest BCUT2D eigenvalue weighted by Crippen LogP contribution is 2.30. The Bertz CT molecular complexity index is 368. The summed E-state index contributed by atoms with van der Waals surface area (Å²) in [6, 6.07) is 2.72. The first-order valence-electron chi connectivity index (χ1n) is 5.67. The fraction of sp³-hybridized carbons (Fsp3) is 0.583. The fourth-order valence-corrected chi connectivity index (χ4v) is 3.54. The van der Waals surface area contributed by atoms with E-state index >= 15 is 0 Å². The molecule has 2 rings (SSSR count). The predicted molar refractivity (Wildman–Crippen MR) is 75.5 cm³/mol. The monoisotopic (exact) mass is 346 g/mol. The number of hydrogen-bond donors (Lipinski definition) is 0. The van der Waals surface area contributed by atoms with Gasteiger partial charge in [-0.15, -0.1) is 0 Å². The van der Waals surface area contributed by atoms with Crippen LogP contribution in [0.3, 0.4) is 0 Å². The lowest BCUT2D eigenvalue weighted by Gasteiger charge is -2.36. The number of aromatic nitrogens is 1. The topological polar surface area (TPSA) is 16.1 Å². The van der Waals surface area contributed by atoms with E-state index in [0.29, 0.717) is 6.04 Å². The van der Waals surface area contributed by atoms with Gasteiger partial charge in [0.25, 0.3) is 0 Å². The van der Waals surface area contributed by atoms with Crippen molar-refractivity contribution in [2.75, 3.05) is 16.8 Å². The lowest BCUT2D eigenvalue weighted by atomic mass is 10.0. The molecule has 1 aromatic rings. The number of pyridine rings is 1. The van der Waals surface area contributed by atoms with Crippen molar-refractivity contribution < 1.29 is 0 Å². The summed E-state index contributed by atoms with van der Waals surface area (Å²) in [6.45, 7) is 3.19. The number of hydrogen-bond acceptors (Lipinski definition) is 2. The summed E-state index contributed by atoms with van der Waals surface area (Å²) in [4.78, 5) is 6.98. The number of rotatable bonds is 2. The SMILES string of the molecule is Cc1cnc(N2CCCCC2CBr)c(Br)c1. The van der Waals surface area contributed by atoms with Crippen molar-refractivity contribution in [3.8, 4) is 0 Å². The van der Waals surface area contributed by atoms with Crippen LogP contribution in [-0.4, -0.2) is 22.9 Å². The van der Waals surface area contributed by atoms with Crippen molar-refractivity contribution in [3.63, 3.8) is 0 Å². The Balaban J connectivity index is 2.27. The van der Waals surface area contributed by atoms with E-state index in [0.717, 1.165) is 22.2 Å². The standard InChI is InChI=1S/C12H16Br2N2/c1-9-6-11(14)12(15-8-9)16-5-3-2-4-10(16)7-13/h6,8,10H,2-5,7H2,1H3. The van der Waals surface area contributed by atoms with Crippen molar-refractivity contribution in [1.29, 1.82) is 0 Å². The Morgan fingerprint density at radius 2 is 2.31 bits per heavy atom. The number of anilines is 1. The highest BCUT2D eigenvalue weighted by atomic mass is 79.9. The minimum Gasteiger partial charge on any atom is -0.352 e. The van der Waals surface area contributed by atoms with Gasteiger partial charge in [0, 0.05) is 24.1 Å². The first-order valence-corrected chi connectivity index (χ1v) is 7.58. The lowest BCUT2D eigenvalue weighted by molar-refractivity contribution is 0.487. The van der Waals surface area contributed by atoms with Crippen LogP contribution in [0.2, 0.25) is 0 Å². The van der Waals surface area contributed by atoms with Crippen molar-refractivity contribution in [1.82, 2.24) is 4.98 Å². The molecule has 0 aliphatic carbocycles. The number of piperidine rings is 1. The van der Waals surface area contributed by atoms with E-state index in [1.165, 1.54) is 24.8 Å². The number of nitrogens with zero attached hydrogens (tertiary/aromatic N) is 2. The van der Waals surface area contributed by atoms with Gasteiger partial charge >= 0.3 is 0 Å². The minimum absolute atomic E-state index is 0.584. The van der Waals surface area contributed by atoms with Crippen LogP contribution in [-0.2, 0) is 0 Å². The van der Waals surface area contributed by atoms with Gasteiger partial charge in [-0.1, -0.05) is 15.9 Å². The molecule has 1 aliphatic rings. The molecular formula is C12H16Br2N2. The van der Waals surface area contributed by atoms with Crippen LogP contribution in [0.5, 0.6) is 0 Å². The van der Waals surface area contributed by atoms with Gasteiger partial charge in [0.15, 0.2) is 0 Å². The molecule has 0 bridgehead atoms. The van der Waals surface area contributed by atoms with Gasteiger partial charge in [-0.2, -0.15) is 0 Å². The molecule has 0 amide bonds. The number of aryl methyl sites for hydroxylation is 1. The summed E-state index contributed by atoms with van der Waals surface area (Å²) in [5.41, 5.74) is 1.20. The van der Waals surface area contributed by atoms with Gasteiger partial charge in [-0.25, -0.2) is 4.98 Å². The Morgan fingerprint density at radius 3 is 3.00 bits per heavy atom. The summed E-state index contributed by atoms with van der Waals surface area (Å²) in [7, 11) is 0. The second-order valence-corrected chi connectivity index (χ2v) is 5.82. The van der Waals surface area contributed by atoms with Gasteiger partial charge in [0.2, 0.25) is 0 Å². The molecule has 0 spiro atoms. The summed E-state index contributed by atoms with van der Waals surface area (Å²) in [6.07, 6.45) is 5.80. The minimum atomic E-state index is 0.584. The third-order valence-electron chi connectivity index (χ3n) is 3.04. The highest BCUT2D eigenvalue weighted by Gasteiger charge is 2.23. The quantitative estimate of drug-likeness (QED) is 0.754. The zero-order valence-electron chi connectivity index (χ0n) is 9.42. The average molecular weight is 348 g/mol. The van der Waals surface area contributed by atoms with Crippen LogP contribution < -0.4 is 4.90 Å². The van der Waals surface area contributed by atoms with Gasteiger partial charge in [0.1, 0.15) is 5.82 Å². The maximum Gasteiger partial charge on any atom is 0.143 e. The Kier molecular flexibility index (Phi) is 4.25. The van der Waals surface area contributed by atoms with Crippen LogP contribution in [0.25, 0.3) is 0 Å². The second kappa shape index (κ2) is 5.50. The molecule has 1 saturated heterocycles. The first-order chi connectivity index (χ1) is 7.72. The summed E-state index contributed by atoms with van der Waals surface area (Å²) in [5.74, 6) is 1.09. The van der Waals surface area contributed by atoms with E-state index in [4.69, 9.17) is 0 Å². The first kappa shape index (κ1) is 12.4. The lowest BCUT2D eigenvalue weighted by Crippen LogP contribution is -2.41. The summed E-state index contributed by atoms with van der Waals surface area (Å²) >= 11 is 7.22. The molecule has 1 atom stereocenters. The van der Waals surface area contributed by atoms with Gasteiger partial charge in [-0.3, -0.25) is 0 Å². The smallest absolute Gasteiger partial charge is 0.143 e. The zero-order chi connectivity index (χ0) is 11.5. The Hall–Kier alpha value is -0.0900. The molecule has 1 aromatic heterocycles. The fourth-order valence-electron chi connectivity index (χ4n) is 2.18. The van der Waals surface area contributed by atoms with E-state index in [2.05, 4.69) is 54.7 Å². The van der Waals surface area contributed by atoms with Crippen molar-refractivity contribution in [3.05, 3.63) is 22.3 Å². The molecule has 0 aromatic carbocycles. The normalized spacial score (nSPS) is 21.2. The van der Waals surface area contributed by atoms with Crippen molar-refractivity contribution >= 4 is 37.7 Å². The largest absolute Gasteiger partial charge is 0.352 e. The highest BCUT2D eigenvalue weighted by molar-refractivity contribution is 9.10. The molecule has 1 fully saturated rings. The van der Waals surface area contributed by atoms with Crippen LogP contribution in [0.1, 0.15) is 24.8 Å². The van der Waals surface area contributed by atoms with Crippen LogP contribution in [0, 0.1) is 6.92 Å². The molecule has 4 heteroatoms. The molecule has 88 valence electrons. The summed E-state index contributed by atoms with van der Waals surface area (Å²) in [5, 5.41) is 1.02. The number of halogens is 2. The maximum atomic E-state index is 4.56. The molecule has 0 saturated carbocycles. The van der Waals surface area contributed by atoms with Crippen LogP contribution in [0.4, 0.5) is 5.82 Å². The van der Waals surface area contributed by atoms with Crippen molar-refractivity contribution in [2.45, 2.75) is 32.2 Å². The Morgan fingerprint density at radius 1 is 1.50 bits per heavy atom. The zero-order valence-corrected chi connectivity index (χ0v) is 12.6. The van der Waals surface area contributed by atoms with E-state index in [1.54, 1.807) is 0 Å². The summed E-state index contributed by atoms with van der Waals surface area (Å²) < 4.78 is 1.11. The molecule has 1 aliphatic heterocycles. The Labute approximate surface area is 114 Å². The van der Waals surface area contributed by atoms with Crippen LogP contribution >= 0.6 is 31.9 Å². The van der Waals surface area contributed by atoms with Gasteiger partial charge in [-0.05, 0) is 53.7 Å². The van der Waals surface area contributed by atoms with E-state index in [-0.39, 0.29) is 0 Å². The molecule has 0 N–H and O–H groups in total. The molecule has 0 radical (unpaired) electrons. The molecule has 2 nitrogen and oxygen atoms in total. The van der Waals surface area contributed by atoms with Crippen molar-refractivity contribution in [2.24, 2.45) is 0 Å². The van der Waals surface area contributed by atoms with Gasteiger partial charge in [0.05, 0.1) is 4.47 Å². The third-order valence-corrected chi connectivity index (χ3v) is 4.37. The maximum absolute atomic E-state index is 4.56. The second-order valence-electron chi connectivity index (χ2n) is 4.32. The molecule has 16 heavy (non-hydrogen) atoms. The van der Waals surface area contributed by atoms with E-state index < -0.39 is 0 Å².